The van der Waals surface area contributed by atoms with E-state index in [-0.39, 0.29) is 16.7 Å². The summed E-state index contributed by atoms with van der Waals surface area (Å²) in [5.74, 6) is -1.67. The summed E-state index contributed by atoms with van der Waals surface area (Å²) in [4.78, 5) is 35.8. The molecule has 2 aromatic heterocycles. The molecule has 0 bridgehead atoms. The number of aromatic nitrogens is 4. The van der Waals surface area contributed by atoms with Gasteiger partial charge in [0.2, 0.25) is 5.28 Å². The van der Waals surface area contributed by atoms with Crippen molar-refractivity contribution in [3.05, 3.63) is 59.8 Å². The maximum absolute atomic E-state index is 13.7. The van der Waals surface area contributed by atoms with Crippen molar-refractivity contribution in [2.24, 2.45) is 0 Å². The Morgan fingerprint density at radius 2 is 2.00 bits per heavy atom. The Morgan fingerprint density at radius 3 is 2.66 bits per heavy atom. The van der Waals surface area contributed by atoms with E-state index in [0.29, 0.717) is 10.9 Å². The molecule has 1 saturated heterocycles. The molecule has 14 nitrogen and oxygen atoms in total. The SMILES string of the molecule is C=C[C@@H](Nc1nc(Cl)nc2c1cnn2[C@@H]1O[C@H](COP(=O)(O)CP(=O)(O)O)[C@@H](O)[C@H]1O)c1cccc(F)c1. The first-order valence-electron chi connectivity index (χ1n) is 10.9. The number of benzene rings is 1. The van der Waals surface area contributed by atoms with E-state index < -0.39 is 64.1 Å². The minimum absolute atomic E-state index is 0.0849. The minimum atomic E-state index is -4.86. The number of hydrogen-bond acceptors (Lipinski definition) is 10. The third-order valence-corrected chi connectivity index (χ3v) is 9.17. The van der Waals surface area contributed by atoms with Crippen LogP contribution in [0, 0.1) is 5.82 Å². The van der Waals surface area contributed by atoms with Crippen LogP contribution < -0.4 is 5.32 Å². The van der Waals surface area contributed by atoms with Crippen LogP contribution in [0.1, 0.15) is 17.8 Å². The van der Waals surface area contributed by atoms with Gasteiger partial charge in [0.1, 0.15) is 29.9 Å². The van der Waals surface area contributed by atoms with Gasteiger partial charge in [-0.1, -0.05) is 18.2 Å². The molecular formula is C20H23ClFN5O9P2. The molecule has 1 unspecified atom stereocenters. The van der Waals surface area contributed by atoms with Gasteiger partial charge in [-0.2, -0.15) is 15.1 Å². The molecule has 4 rings (SSSR count). The lowest BCUT2D eigenvalue weighted by molar-refractivity contribution is -0.0541. The number of nitrogens with one attached hydrogen (secondary N) is 1. The van der Waals surface area contributed by atoms with E-state index in [9.17, 15) is 28.6 Å². The van der Waals surface area contributed by atoms with E-state index in [1.54, 1.807) is 6.07 Å². The number of rotatable bonds is 10. The molecule has 206 valence electrons. The van der Waals surface area contributed by atoms with Gasteiger partial charge in [-0.05, 0) is 29.3 Å². The Bertz CT molecular complexity index is 1440. The number of anilines is 1. The Morgan fingerprint density at radius 1 is 1.26 bits per heavy atom. The first kappa shape index (κ1) is 28.7. The van der Waals surface area contributed by atoms with E-state index >= 15 is 0 Å². The highest BCUT2D eigenvalue weighted by Crippen LogP contribution is 2.55. The lowest BCUT2D eigenvalue weighted by atomic mass is 10.1. The van der Waals surface area contributed by atoms with Gasteiger partial charge in [-0.3, -0.25) is 9.13 Å². The zero-order valence-electron chi connectivity index (χ0n) is 19.3. The lowest BCUT2D eigenvalue weighted by Crippen LogP contribution is -2.33. The van der Waals surface area contributed by atoms with Gasteiger partial charge < -0.3 is 39.5 Å². The Hall–Kier alpha value is -2.29. The second-order valence-electron chi connectivity index (χ2n) is 8.37. The van der Waals surface area contributed by atoms with Crippen molar-refractivity contribution < 1.29 is 47.7 Å². The number of hydrogen-bond donors (Lipinski definition) is 6. The molecule has 6 atom stereocenters. The average molecular weight is 594 g/mol. The molecule has 38 heavy (non-hydrogen) atoms. The molecule has 0 radical (unpaired) electrons. The van der Waals surface area contributed by atoms with E-state index in [1.807, 2.05) is 0 Å². The van der Waals surface area contributed by atoms with Crippen LogP contribution in [0.15, 0.2) is 43.1 Å². The van der Waals surface area contributed by atoms with Gasteiger partial charge in [-0.25, -0.2) is 9.07 Å². The van der Waals surface area contributed by atoms with Crippen LogP contribution >= 0.6 is 26.8 Å². The fraction of sp³-hybridized carbons (Fsp3) is 0.350. The van der Waals surface area contributed by atoms with Crippen LogP contribution in [0.3, 0.4) is 0 Å². The van der Waals surface area contributed by atoms with Crippen LogP contribution in [0.5, 0.6) is 0 Å². The summed E-state index contributed by atoms with van der Waals surface area (Å²) in [6.07, 6.45) is -3.08. The predicted molar refractivity (Wildman–Crippen MR) is 132 cm³/mol. The molecule has 1 aliphatic heterocycles. The average Bonchev–Trinajstić information content (AvgIpc) is 3.35. The second kappa shape index (κ2) is 11.1. The summed E-state index contributed by atoms with van der Waals surface area (Å²) in [5.41, 5.74) is 0.636. The molecule has 18 heteroatoms. The molecule has 6 N–H and O–H groups in total. The summed E-state index contributed by atoms with van der Waals surface area (Å²) < 4.78 is 48.1. The highest BCUT2D eigenvalue weighted by molar-refractivity contribution is 7.70. The summed E-state index contributed by atoms with van der Waals surface area (Å²) in [6, 6.07) is 5.26. The van der Waals surface area contributed by atoms with E-state index in [4.69, 9.17) is 30.6 Å². The molecule has 1 aliphatic rings. The maximum atomic E-state index is 13.7. The van der Waals surface area contributed by atoms with Crippen LogP contribution in [-0.2, 0) is 18.4 Å². The predicted octanol–water partition coefficient (Wildman–Crippen LogP) is 1.91. The van der Waals surface area contributed by atoms with Crippen molar-refractivity contribution in [2.75, 3.05) is 17.8 Å². The van der Waals surface area contributed by atoms with Gasteiger partial charge in [0.25, 0.3) is 0 Å². The normalized spacial score (nSPS) is 24.3. The van der Waals surface area contributed by atoms with Crippen LogP contribution in [0.4, 0.5) is 10.2 Å². The number of nitrogens with zero attached hydrogens (tertiary/aromatic N) is 4. The van der Waals surface area contributed by atoms with Crippen molar-refractivity contribution >= 4 is 43.6 Å². The van der Waals surface area contributed by atoms with Crippen molar-refractivity contribution in [3.8, 4) is 0 Å². The van der Waals surface area contributed by atoms with Gasteiger partial charge in [0.15, 0.2) is 17.8 Å². The third kappa shape index (κ3) is 6.46. The highest BCUT2D eigenvalue weighted by Gasteiger charge is 2.46. The standard InChI is InChI=1S/C20H23ClFN5O9P2/c1-2-13(10-4-3-5-11(22)6-10)24-17-12-7-23-27(18(12)26-20(21)25-17)19-16(29)15(28)14(36-19)8-35-38(33,34)9-37(30,31)32/h2-7,13-16,19,28-29H,1,8-9H2,(H,33,34)(H,24,25,26)(H2,30,31,32)/t13-,14-,15-,16-,19-/m1/s1. The molecule has 3 aromatic rings. The van der Waals surface area contributed by atoms with Gasteiger partial charge in [-0.15, -0.1) is 6.58 Å². The summed E-state index contributed by atoms with van der Waals surface area (Å²) in [6.45, 7) is 2.99. The van der Waals surface area contributed by atoms with Gasteiger partial charge >= 0.3 is 15.2 Å². The Balaban J connectivity index is 1.58. The molecule has 1 fully saturated rings. The van der Waals surface area contributed by atoms with Crippen molar-refractivity contribution in [3.63, 3.8) is 0 Å². The molecular weight excluding hydrogens is 571 g/mol. The molecule has 0 amide bonds. The number of aliphatic hydroxyl groups excluding tert-OH is 2. The van der Waals surface area contributed by atoms with Gasteiger partial charge in [0.05, 0.1) is 24.2 Å². The monoisotopic (exact) mass is 593 g/mol. The maximum Gasteiger partial charge on any atom is 0.340 e. The highest BCUT2D eigenvalue weighted by atomic mass is 35.5. The number of halogens is 2. The zero-order chi connectivity index (χ0) is 27.8. The first-order chi connectivity index (χ1) is 17.8. The van der Waals surface area contributed by atoms with E-state index in [0.717, 1.165) is 4.68 Å². The van der Waals surface area contributed by atoms with Crippen molar-refractivity contribution in [2.45, 2.75) is 30.6 Å². The van der Waals surface area contributed by atoms with E-state index in [2.05, 4.69) is 27.0 Å². The quantitative estimate of drug-likeness (QED) is 0.113. The second-order valence-corrected chi connectivity index (χ2v) is 12.7. The number of aliphatic hydroxyl groups is 2. The van der Waals surface area contributed by atoms with Crippen LogP contribution in [0.25, 0.3) is 11.0 Å². The summed E-state index contributed by atoms with van der Waals surface area (Å²) in [7, 11) is -9.59. The molecule has 0 spiro atoms. The fourth-order valence-corrected chi connectivity index (χ4v) is 6.59. The van der Waals surface area contributed by atoms with Crippen LogP contribution in [0.2, 0.25) is 5.28 Å². The lowest BCUT2D eigenvalue weighted by Gasteiger charge is -2.18. The number of ether oxygens (including phenoxy) is 1. The Labute approximate surface area is 219 Å². The fourth-order valence-electron chi connectivity index (χ4n) is 3.85. The minimum Gasteiger partial charge on any atom is -0.387 e. The molecule has 1 aromatic carbocycles. The third-order valence-electron chi connectivity index (χ3n) is 5.54. The molecule has 0 aliphatic carbocycles. The van der Waals surface area contributed by atoms with Crippen molar-refractivity contribution in [1.82, 2.24) is 19.7 Å². The smallest absolute Gasteiger partial charge is 0.340 e. The largest absolute Gasteiger partial charge is 0.387 e. The van der Waals surface area contributed by atoms with E-state index in [1.165, 1.54) is 30.5 Å². The topological polar surface area (TPSA) is 209 Å². The molecule has 0 saturated carbocycles. The zero-order valence-corrected chi connectivity index (χ0v) is 21.8. The van der Waals surface area contributed by atoms with Gasteiger partial charge in [0, 0.05) is 0 Å². The first-order valence-corrected chi connectivity index (χ1v) is 14.8. The summed E-state index contributed by atoms with van der Waals surface area (Å²) in [5, 5.41) is 28.3. The van der Waals surface area contributed by atoms with Crippen LogP contribution in [-0.4, -0.2) is 75.5 Å². The summed E-state index contributed by atoms with van der Waals surface area (Å²) >= 11 is 6.12. The number of fused-ring (bicyclic) bond motifs is 1. The Kier molecular flexibility index (Phi) is 8.36. The van der Waals surface area contributed by atoms with Crippen molar-refractivity contribution in [1.29, 1.82) is 0 Å². The molecule has 3 heterocycles.